The molecule has 0 aliphatic carbocycles. The molecule has 0 aliphatic rings. The minimum atomic E-state index is -1.02. The van der Waals surface area contributed by atoms with Crippen LogP contribution in [0.1, 0.15) is 27.9 Å². The molecule has 1 N–H and O–H groups in total. The molecule has 0 saturated carbocycles. The molecule has 1 unspecified atom stereocenters. The minimum absolute atomic E-state index is 0.0268. The highest BCUT2D eigenvalue weighted by Gasteiger charge is 2.24. The molecule has 0 aromatic heterocycles. The summed E-state index contributed by atoms with van der Waals surface area (Å²) >= 11 is 1.45. The van der Waals surface area contributed by atoms with Crippen molar-refractivity contribution < 1.29 is 23.6 Å². The van der Waals surface area contributed by atoms with Gasteiger partial charge >= 0.3 is 5.97 Å². The van der Waals surface area contributed by atoms with Crippen LogP contribution in [-0.2, 0) is 16.1 Å². The summed E-state index contributed by atoms with van der Waals surface area (Å²) in [6.07, 6.45) is 2.08. The molecule has 10 heteroatoms. The van der Waals surface area contributed by atoms with Crippen LogP contribution in [0.25, 0.3) is 0 Å². The number of benzene rings is 2. The molecule has 2 aromatic rings. The zero-order valence-electron chi connectivity index (χ0n) is 16.0. The fourth-order valence-corrected chi connectivity index (χ4v) is 2.96. The van der Waals surface area contributed by atoms with E-state index in [1.165, 1.54) is 42.1 Å². The van der Waals surface area contributed by atoms with Gasteiger partial charge in [0.2, 0.25) is 0 Å². The molecule has 2 aromatic carbocycles. The lowest BCUT2D eigenvalue weighted by Gasteiger charge is -2.17. The van der Waals surface area contributed by atoms with Crippen molar-refractivity contribution in [3.05, 3.63) is 75.1 Å². The summed E-state index contributed by atoms with van der Waals surface area (Å²) in [6, 6.07) is 9.66. The molecule has 0 spiro atoms. The molecule has 0 fully saturated rings. The Kier molecular flexibility index (Phi) is 8.31. The number of thioether (sulfide) groups is 1. The molecule has 0 radical (unpaired) electrons. The number of nitro groups is 1. The number of halogens is 1. The van der Waals surface area contributed by atoms with Gasteiger partial charge in [0.15, 0.2) is 0 Å². The first kappa shape index (κ1) is 22.8. The summed E-state index contributed by atoms with van der Waals surface area (Å²) < 4.78 is 19.0. The van der Waals surface area contributed by atoms with E-state index in [0.29, 0.717) is 5.75 Å². The fourth-order valence-electron chi connectivity index (χ4n) is 2.49. The molecular formula is C20H18FN3O5S. The summed E-state index contributed by atoms with van der Waals surface area (Å²) in [5.74, 6) is -1.53. The van der Waals surface area contributed by atoms with Crippen molar-refractivity contribution in [2.75, 3.05) is 12.0 Å². The van der Waals surface area contributed by atoms with Gasteiger partial charge in [-0.25, -0.2) is 9.18 Å². The number of nitrogens with one attached hydrogen (secondary N) is 1. The number of carbonyl (C=O) groups is 2. The number of amides is 1. The van der Waals surface area contributed by atoms with E-state index >= 15 is 0 Å². The maximum absolute atomic E-state index is 13.9. The van der Waals surface area contributed by atoms with Gasteiger partial charge in [0.1, 0.15) is 18.5 Å². The first-order valence-corrected chi connectivity index (χ1v) is 10.1. The standard InChI is InChI=1S/C20H18FN3O5S/c1-30-8-7-18(23-19(25)14-3-2-4-16(10-14)24(27)28)20(26)29-12-15-9-13(11-22)5-6-17(15)21/h2-6,9-10,18H,7-8,12H2,1H3,(H,23,25). The maximum Gasteiger partial charge on any atom is 0.329 e. The first-order chi connectivity index (χ1) is 14.3. The van der Waals surface area contributed by atoms with Crippen LogP contribution in [0, 0.1) is 27.3 Å². The maximum atomic E-state index is 13.9. The number of esters is 1. The van der Waals surface area contributed by atoms with Gasteiger partial charge in [0.05, 0.1) is 16.6 Å². The van der Waals surface area contributed by atoms with Crippen molar-refractivity contribution in [2.24, 2.45) is 0 Å². The lowest BCUT2D eigenvalue weighted by molar-refractivity contribution is -0.384. The van der Waals surface area contributed by atoms with Crippen LogP contribution in [0.15, 0.2) is 42.5 Å². The van der Waals surface area contributed by atoms with Crippen LogP contribution >= 0.6 is 11.8 Å². The molecular weight excluding hydrogens is 413 g/mol. The van der Waals surface area contributed by atoms with Gasteiger partial charge in [-0.1, -0.05) is 6.07 Å². The van der Waals surface area contributed by atoms with Gasteiger partial charge < -0.3 is 10.1 Å². The number of hydrogen-bond acceptors (Lipinski definition) is 7. The molecule has 0 heterocycles. The van der Waals surface area contributed by atoms with E-state index < -0.39 is 35.3 Å². The van der Waals surface area contributed by atoms with Crippen LogP contribution in [-0.4, -0.2) is 34.9 Å². The number of non-ortho nitro benzene ring substituents is 1. The number of nitriles is 1. The topological polar surface area (TPSA) is 122 Å². The van der Waals surface area contributed by atoms with Crippen LogP contribution in [0.2, 0.25) is 0 Å². The molecule has 1 atom stereocenters. The number of nitro benzene ring substituents is 1. The first-order valence-electron chi connectivity index (χ1n) is 8.75. The van der Waals surface area contributed by atoms with E-state index in [2.05, 4.69) is 5.32 Å². The third kappa shape index (κ3) is 6.28. The highest BCUT2D eigenvalue weighted by molar-refractivity contribution is 7.98. The predicted molar refractivity (Wildman–Crippen MR) is 108 cm³/mol. The van der Waals surface area contributed by atoms with E-state index in [1.807, 2.05) is 12.3 Å². The summed E-state index contributed by atoms with van der Waals surface area (Å²) in [4.78, 5) is 35.2. The summed E-state index contributed by atoms with van der Waals surface area (Å²) in [5, 5.41) is 22.3. The van der Waals surface area contributed by atoms with Crippen molar-refractivity contribution in [1.29, 1.82) is 5.26 Å². The average Bonchev–Trinajstić information content (AvgIpc) is 2.75. The zero-order valence-corrected chi connectivity index (χ0v) is 16.8. The molecule has 2 rings (SSSR count). The van der Waals surface area contributed by atoms with Crippen molar-refractivity contribution in [1.82, 2.24) is 5.32 Å². The highest BCUT2D eigenvalue weighted by Crippen LogP contribution is 2.15. The Hall–Kier alpha value is -3.45. The molecule has 0 aliphatic heterocycles. The average molecular weight is 431 g/mol. The van der Waals surface area contributed by atoms with Crippen LogP contribution in [0.4, 0.5) is 10.1 Å². The number of rotatable bonds is 9. The molecule has 0 saturated heterocycles. The van der Waals surface area contributed by atoms with Crippen molar-refractivity contribution in [3.63, 3.8) is 0 Å². The Morgan fingerprint density at radius 3 is 2.77 bits per heavy atom. The Balaban J connectivity index is 2.10. The molecule has 0 bridgehead atoms. The molecule has 156 valence electrons. The normalized spacial score (nSPS) is 11.2. The molecule has 1 amide bonds. The lowest BCUT2D eigenvalue weighted by Crippen LogP contribution is -2.42. The summed E-state index contributed by atoms with van der Waals surface area (Å²) in [6.45, 7) is -0.400. The Labute approximate surface area is 176 Å². The molecule has 30 heavy (non-hydrogen) atoms. The molecule has 8 nitrogen and oxygen atoms in total. The predicted octanol–water partition coefficient (Wildman–Crippen LogP) is 3.20. The highest BCUT2D eigenvalue weighted by atomic mass is 32.2. The van der Waals surface area contributed by atoms with E-state index in [4.69, 9.17) is 10.00 Å². The van der Waals surface area contributed by atoms with Gasteiger partial charge in [-0.3, -0.25) is 14.9 Å². The van der Waals surface area contributed by atoms with E-state index in [9.17, 15) is 24.1 Å². The van der Waals surface area contributed by atoms with Crippen molar-refractivity contribution >= 4 is 29.3 Å². The summed E-state index contributed by atoms with van der Waals surface area (Å²) in [5.41, 5.74) is 0.0361. The second kappa shape index (κ2) is 10.9. The number of hydrogen-bond donors (Lipinski definition) is 1. The third-order valence-corrected chi connectivity index (χ3v) is 4.71. The van der Waals surface area contributed by atoms with E-state index in [1.54, 1.807) is 0 Å². The second-order valence-electron chi connectivity index (χ2n) is 6.14. The van der Waals surface area contributed by atoms with Crippen molar-refractivity contribution in [2.45, 2.75) is 19.1 Å². The third-order valence-electron chi connectivity index (χ3n) is 4.06. The number of nitrogens with zero attached hydrogens (tertiary/aromatic N) is 2. The van der Waals surface area contributed by atoms with Gasteiger partial charge in [-0.2, -0.15) is 17.0 Å². The van der Waals surface area contributed by atoms with Gasteiger partial charge in [0, 0.05) is 23.3 Å². The SMILES string of the molecule is CSCCC(NC(=O)c1cccc([N+](=O)[O-])c1)C(=O)OCc1cc(C#N)ccc1F. The quantitative estimate of drug-likeness (QED) is 0.367. The van der Waals surface area contributed by atoms with Crippen LogP contribution in [0.5, 0.6) is 0 Å². The second-order valence-corrected chi connectivity index (χ2v) is 7.13. The van der Waals surface area contributed by atoms with E-state index in [0.717, 1.165) is 12.1 Å². The van der Waals surface area contributed by atoms with Crippen molar-refractivity contribution in [3.8, 4) is 6.07 Å². The minimum Gasteiger partial charge on any atom is -0.459 e. The monoisotopic (exact) mass is 431 g/mol. The van der Waals surface area contributed by atoms with Gasteiger partial charge in [-0.15, -0.1) is 0 Å². The fraction of sp³-hybridized carbons (Fsp3) is 0.250. The lowest BCUT2D eigenvalue weighted by atomic mass is 10.1. The smallest absolute Gasteiger partial charge is 0.329 e. The van der Waals surface area contributed by atoms with Crippen LogP contribution in [0.3, 0.4) is 0 Å². The number of ether oxygens (including phenoxy) is 1. The van der Waals surface area contributed by atoms with Crippen LogP contribution < -0.4 is 5.32 Å². The van der Waals surface area contributed by atoms with Gasteiger partial charge in [-0.05, 0) is 42.7 Å². The van der Waals surface area contributed by atoms with E-state index in [-0.39, 0.29) is 28.8 Å². The number of carbonyl (C=O) groups excluding carboxylic acids is 2. The Morgan fingerprint density at radius 2 is 2.10 bits per heavy atom. The zero-order chi connectivity index (χ0) is 22.1. The Morgan fingerprint density at radius 1 is 1.33 bits per heavy atom. The largest absolute Gasteiger partial charge is 0.459 e. The van der Waals surface area contributed by atoms with Gasteiger partial charge in [0.25, 0.3) is 11.6 Å². The summed E-state index contributed by atoms with van der Waals surface area (Å²) in [7, 11) is 0. The Bertz CT molecular complexity index is 993.